The van der Waals surface area contributed by atoms with Gasteiger partial charge in [-0.15, -0.1) is 11.8 Å². The largest absolute Gasteiger partial charge is 0.462 e. The molecule has 4 rings (SSSR count). The van der Waals surface area contributed by atoms with Gasteiger partial charge < -0.3 is 30.0 Å². The van der Waals surface area contributed by atoms with Crippen LogP contribution < -0.4 is 11.1 Å². The van der Waals surface area contributed by atoms with Crippen molar-refractivity contribution in [3.63, 3.8) is 0 Å². The maximum absolute atomic E-state index is 13.5. The van der Waals surface area contributed by atoms with Crippen LogP contribution in [0.4, 0.5) is 9.59 Å². The number of primary amides is 1. The molecule has 12 nitrogen and oxygen atoms in total. The molecule has 1 aromatic carbocycles. The summed E-state index contributed by atoms with van der Waals surface area (Å²) >= 11 is 1.20. The first-order chi connectivity index (χ1) is 20.2. The lowest BCUT2D eigenvalue weighted by Crippen LogP contribution is -2.62. The molecule has 228 valence electrons. The van der Waals surface area contributed by atoms with Crippen LogP contribution in [0.2, 0.25) is 0 Å². The highest BCUT2D eigenvalue weighted by Gasteiger charge is 2.56. The Labute approximate surface area is 248 Å². The number of carbonyl (C=O) groups is 5. The Kier molecular flexibility index (Phi) is 10.7. The summed E-state index contributed by atoms with van der Waals surface area (Å²) in [4.78, 5) is 64.5. The molecule has 2 heterocycles. The van der Waals surface area contributed by atoms with Crippen molar-refractivity contribution in [2.24, 2.45) is 11.7 Å². The number of β-lactam (4-membered cyclic amide) rings is 1. The molecule has 1 unspecified atom stereocenters. The summed E-state index contributed by atoms with van der Waals surface area (Å²) in [5, 5.41) is 1.22. The summed E-state index contributed by atoms with van der Waals surface area (Å²) in [7, 11) is 0. The van der Waals surface area contributed by atoms with Crippen molar-refractivity contribution in [2.45, 2.75) is 75.1 Å². The Morgan fingerprint density at radius 1 is 1.02 bits per heavy atom. The van der Waals surface area contributed by atoms with E-state index in [0.29, 0.717) is 12.3 Å². The van der Waals surface area contributed by atoms with E-state index in [2.05, 4.69) is 5.32 Å². The van der Waals surface area contributed by atoms with Crippen molar-refractivity contribution >= 4 is 41.8 Å². The van der Waals surface area contributed by atoms with E-state index >= 15 is 0 Å². The summed E-state index contributed by atoms with van der Waals surface area (Å²) < 4.78 is 20.9. The average Bonchev–Trinajstić information content (AvgIpc) is 2.94. The third-order valence-corrected chi connectivity index (χ3v) is 8.69. The number of esters is 2. The molecular formula is C29H37N3O9S. The fourth-order valence-electron chi connectivity index (χ4n) is 5.35. The molecule has 1 aliphatic carbocycles. The molecule has 1 saturated carbocycles. The average molecular weight is 604 g/mol. The van der Waals surface area contributed by atoms with Crippen LogP contribution in [0.3, 0.4) is 0 Å². The van der Waals surface area contributed by atoms with E-state index < -0.39 is 47.5 Å². The maximum atomic E-state index is 13.5. The summed E-state index contributed by atoms with van der Waals surface area (Å²) in [6.45, 7) is 2.48. The minimum absolute atomic E-state index is 0.106. The minimum Gasteiger partial charge on any atom is -0.462 e. The Hall–Kier alpha value is -3.74. The lowest BCUT2D eigenvalue weighted by atomic mass is 9.87. The summed E-state index contributed by atoms with van der Waals surface area (Å²) in [5.74, 6) is -1.88. The summed E-state index contributed by atoms with van der Waals surface area (Å²) in [5.41, 5.74) is 5.88. The molecule has 3 N–H and O–H groups in total. The van der Waals surface area contributed by atoms with Crippen molar-refractivity contribution in [1.82, 2.24) is 10.2 Å². The molecule has 42 heavy (non-hydrogen) atoms. The van der Waals surface area contributed by atoms with Crippen molar-refractivity contribution in [3.8, 4) is 0 Å². The molecule has 3 atom stereocenters. The van der Waals surface area contributed by atoms with E-state index in [0.717, 1.165) is 31.2 Å². The van der Waals surface area contributed by atoms with Crippen LogP contribution in [0, 0.1) is 5.92 Å². The first kappa shape index (κ1) is 31.2. The van der Waals surface area contributed by atoms with Gasteiger partial charge in [0, 0.05) is 12.0 Å². The lowest BCUT2D eigenvalue weighted by Gasteiger charge is -2.51. The quantitative estimate of drug-likeness (QED) is 0.165. The summed E-state index contributed by atoms with van der Waals surface area (Å²) in [6, 6.07) is 9.06. The first-order valence-electron chi connectivity index (χ1n) is 14.1. The van der Waals surface area contributed by atoms with E-state index in [4.69, 9.17) is 24.7 Å². The van der Waals surface area contributed by atoms with Gasteiger partial charge in [-0.2, -0.15) is 0 Å². The van der Waals surface area contributed by atoms with Crippen LogP contribution in [0.15, 0.2) is 41.6 Å². The number of nitrogens with one attached hydrogen (secondary N) is 1. The van der Waals surface area contributed by atoms with Crippen LogP contribution in [-0.2, 0) is 33.3 Å². The number of nitrogens with zero attached hydrogens (tertiary/aromatic N) is 1. The SMILES string of the molecule is CC(C)OC(=O)NC1S[C@@H]2[C@H](c3ccccc3)C(=O)N2C(C(=O)OCCOC(=O)CC2CCCCC2)=C1COC(N)=O. The van der Waals surface area contributed by atoms with Gasteiger partial charge in [-0.3, -0.25) is 14.5 Å². The van der Waals surface area contributed by atoms with Gasteiger partial charge in [0.25, 0.3) is 0 Å². The van der Waals surface area contributed by atoms with Crippen molar-refractivity contribution in [1.29, 1.82) is 0 Å². The molecular weight excluding hydrogens is 566 g/mol. The fourth-order valence-corrected chi connectivity index (χ4v) is 6.90. The first-order valence-corrected chi connectivity index (χ1v) is 15.1. The zero-order valence-corrected chi connectivity index (χ0v) is 24.6. The number of thioether (sulfide) groups is 1. The number of nitrogens with two attached hydrogens (primary N) is 1. The predicted molar refractivity (Wildman–Crippen MR) is 152 cm³/mol. The number of alkyl carbamates (subject to hydrolysis) is 1. The van der Waals surface area contributed by atoms with Gasteiger partial charge in [-0.25, -0.2) is 14.4 Å². The zero-order chi connectivity index (χ0) is 30.2. The van der Waals surface area contributed by atoms with Gasteiger partial charge in [0.2, 0.25) is 5.91 Å². The molecule has 13 heteroatoms. The molecule has 2 aliphatic heterocycles. The van der Waals surface area contributed by atoms with Gasteiger partial charge in [-0.05, 0) is 38.2 Å². The molecule has 2 fully saturated rings. The number of benzene rings is 1. The number of fused-ring (bicyclic) bond motifs is 1. The van der Waals surface area contributed by atoms with E-state index in [1.165, 1.54) is 23.1 Å². The fraction of sp³-hybridized carbons (Fsp3) is 0.552. The number of ether oxygens (including phenoxy) is 4. The molecule has 3 amide bonds. The Balaban J connectivity index is 1.52. The third kappa shape index (κ3) is 7.75. The van der Waals surface area contributed by atoms with Crippen molar-refractivity contribution < 1.29 is 42.9 Å². The van der Waals surface area contributed by atoms with Crippen molar-refractivity contribution in [3.05, 3.63) is 47.2 Å². The molecule has 0 spiro atoms. The van der Waals surface area contributed by atoms with Crippen LogP contribution in [0.25, 0.3) is 0 Å². The van der Waals surface area contributed by atoms with Crippen LogP contribution in [-0.4, -0.2) is 71.6 Å². The van der Waals surface area contributed by atoms with Gasteiger partial charge in [0.1, 0.15) is 36.3 Å². The minimum atomic E-state index is -1.10. The van der Waals surface area contributed by atoms with E-state index in [1.54, 1.807) is 26.0 Å². The Bertz CT molecular complexity index is 1200. The topological polar surface area (TPSA) is 164 Å². The monoisotopic (exact) mass is 603 g/mol. The number of carbonyl (C=O) groups excluding carboxylic acids is 5. The third-order valence-electron chi connectivity index (χ3n) is 7.25. The predicted octanol–water partition coefficient (Wildman–Crippen LogP) is 3.55. The summed E-state index contributed by atoms with van der Waals surface area (Å²) in [6.07, 6.45) is 3.45. The molecule has 1 aromatic rings. The number of rotatable bonds is 11. The van der Waals surface area contributed by atoms with E-state index in [1.807, 2.05) is 18.2 Å². The number of hydrogen-bond donors (Lipinski definition) is 2. The second-order valence-electron chi connectivity index (χ2n) is 10.6. The molecule has 3 aliphatic rings. The normalized spacial score (nSPS) is 22.1. The Morgan fingerprint density at radius 2 is 1.71 bits per heavy atom. The van der Waals surface area contributed by atoms with Crippen LogP contribution in [0.5, 0.6) is 0 Å². The number of hydrogen-bond acceptors (Lipinski definition) is 10. The van der Waals surface area contributed by atoms with Crippen LogP contribution in [0.1, 0.15) is 63.9 Å². The van der Waals surface area contributed by atoms with Crippen molar-refractivity contribution in [2.75, 3.05) is 19.8 Å². The maximum Gasteiger partial charge on any atom is 0.408 e. The molecule has 0 radical (unpaired) electrons. The second-order valence-corrected chi connectivity index (χ2v) is 11.9. The van der Waals surface area contributed by atoms with Crippen LogP contribution >= 0.6 is 11.8 Å². The molecule has 0 bridgehead atoms. The highest BCUT2D eigenvalue weighted by Crippen LogP contribution is 2.50. The van der Waals surface area contributed by atoms with Gasteiger partial charge >= 0.3 is 24.1 Å². The highest BCUT2D eigenvalue weighted by molar-refractivity contribution is 8.00. The number of amides is 3. The smallest absolute Gasteiger partial charge is 0.408 e. The van der Waals surface area contributed by atoms with E-state index in [9.17, 15) is 24.0 Å². The Morgan fingerprint density at radius 3 is 2.38 bits per heavy atom. The molecule has 0 aromatic heterocycles. The van der Waals surface area contributed by atoms with Gasteiger partial charge in [0.05, 0.1) is 12.0 Å². The van der Waals surface area contributed by atoms with E-state index in [-0.39, 0.29) is 36.4 Å². The zero-order valence-electron chi connectivity index (χ0n) is 23.7. The standard InChI is InChI=1S/C29H37N3O9S/c1-17(2)41-29(37)31-24-20(16-40-28(30)36)23(32-25(34)22(26(32)42-24)19-11-7-4-8-12-19)27(35)39-14-13-38-21(33)15-18-9-5-3-6-10-18/h4,7-8,11-12,17-18,22,24,26H,3,5-6,9-10,13-16H2,1-2H3,(H2,30,36)(H,31,37)/t22-,24?,26-/m1/s1. The highest BCUT2D eigenvalue weighted by atomic mass is 32.2. The van der Waals surface area contributed by atoms with Gasteiger partial charge in [0.15, 0.2) is 0 Å². The van der Waals surface area contributed by atoms with Gasteiger partial charge in [-0.1, -0.05) is 49.6 Å². The lowest BCUT2D eigenvalue weighted by molar-refractivity contribution is -0.155. The second kappa shape index (κ2) is 14.4. The molecule has 1 saturated heterocycles.